The number of halogens is 1. The molecule has 0 bridgehead atoms. The van der Waals surface area contributed by atoms with Crippen LogP contribution in [0.4, 0.5) is 0 Å². The lowest BCUT2D eigenvalue weighted by atomic mass is 10.1. The lowest BCUT2D eigenvalue weighted by molar-refractivity contribution is 0.627. The predicted octanol–water partition coefficient (Wildman–Crippen LogP) is 0.904. The number of aromatic nitrogens is 2. The molecule has 0 radical (unpaired) electrons. The molecule has 0 saturated carbocycles. The number of hydrogen-bond acceptors (Lipinski definition) is 3. The van der Waals surface area contributed by atoms with Gasteiger partial charge in [-0.15, -0.1) is 0 Å². The van der Waals surface area contributed by atoms with Crippen LogP contribution in [-0.2, 0) is 10.3 Å². The molecule has 17 heavy (non-hydrogen) atoms. The minimum Gasteiger partial charge on any atom is -0.295 e. The van der Waals surface area contributed by atoms with Gasteiger partial charge >= 0.3 is 0 Å². The van der Waals surface area contributed by atoms with Crippen molar-refractivity contribution in [1.29, 1.82) is 0 Å². The molecule has 0 saturated heterocycles. The molecule has 1 aliphatic carbocycles. The van der Waals surface area contributed by atoms with Gasteiger partial charge in [-0.05, 0) is 13.0 Å². The van der Waals surface area contributed by atoms with E-state index < -0.39 is 10.3 Å². The topological polar surface area (TPSA) is 71.9 Å². The molecule has 7 heteroatoms. The first-order valence-electron chi connectivity index (χ1n) is 4.81. The van der Waals surface area contributed by atoms with Crippen molar-refractivity contribution in [2.45, 2.75) is 13.3 Å². The van der Waals surface area contributed by atoms with Crippen LogP contribution in [0, 0.1) is 6.92 Å². The summed E-state index contributed by atoms with van der Waals surface area (Å²) in [5.41, 5.74) is 0.740. The van der Waals surface area contributed by atoms with Crippen LogP contribution in [0.15, 0.2) is 28.0 Å². The van der Waals surface area contributed by atoms with E-state index in [2.05, 4.69) is 5.10 Å². The first-order chi connectivity index (χ1) is 7.99. The van der Waals surface area contributed by atoms with Gasteiger partial charge in [0.05, 0.1) is 15.6 Å². The molecule has 2 rings (SSSR count). The SMILES string of the molecule is Cc1cc(=O)n(C2=CC(=S(=O)=O)CC=C2Cl)[nH]1. The number of nitrogens with one attached hydrogen (secondary N) is 1. The molecule has 90 valence electrons. The molecule has 0 unspecified atom stereocenters. The van der Waals surface area contributed by atoms with Gasteiger partial charge < -0.3 is 0 Å². The molecule has 0 aromatic carbocycles. The van der Waals surface area contributed by atoms with E-state index in [1.54, 1.807) is 13.0 Å². The van der Waals surface area contributed by atoms with E-state index in [1.807, 2.05) is 0 Å². The van der Waals surface area contributed by atoms with Gasteiger partial charge in [0, 0.05) is 18.2 Å². The minimum atomic E-state index is -2.30. The van der Waals surface area contributed by atoms with Crippen LogP contribution in [0.25, 0.3) is 5.70 Å². The molecule has 0 fully saturated rings. The summed E-state index contributed by atoms with van der Waals surface area (Å²) in [6.45, 7) is 1.73. The Hall–Kier alpha value is -1.53. The first-order valence-corrected chi connectivity index (χ1v) is 6.26. The van der Waals surface area contributed by atoms with Crippen molar-refractivity contribution in [3.8, 4) is 0 Å². The highest BCUT2D eigenvalue weighted by Crippen LogP contribution is 2.23. The van der Waals surface area contributed by atoms with Crippen LogP contribution in [-0.4, -0.2) is 23.1 Å². The third kappa shape index (κ3) is 2.27. The van der Waals surface area contributed by atoms with Crippen LogP contribution in [0.2, 0.25) is 0 Å². The fraction of sp³-hybridized carbons (Fsp3) is 0.200. The number of nitrogens with zero attached hydrogens (tertiary/aromatic N) is 1. The zero-order valence-electron chi connectivity index (χ0n) is 8.90. The molecule has 1 aliphatic rings. The van der Waals surface area contributed by atoms with Crippen LogP contribution in [0.3, 0.4) is 0 Å². The second kappa shape index (κ2) is 4.38. The molecule has 1 aromatic rings. The van der Waals surface area contributed by atoms with E-state index in [-0.39, 0.29) is 16.8 Å². The van der Waals surface area contributed by atoms with E-state index in [4.69, 9.17) is 11.6 Å². The number of aryl methyl sites for hydroxylation is 1. The molecule has 0 aliphatic heterocycles. The van der Waals surface area contributed by atoms with Crippen molar-refractivity contribution in [2.24, 2.45) is 0 Å². The largest absolute Gasteiger partial charge is 0.295 e. The monoisotopic (exact) mass is 272 g/mol. The average Bonchev–Trinajstić information content (AvgIpc) is 2.58. The van der Waals surface area contributed by atoms with Crippen molar-refractivity contribution >= 4 is 32.5 Å². The fourth-order valence-electron chi connectivity index (χ4n) is 1.56. The molecule has 0 atom stereocenters. The number of rotatable bonds is 1. The third-order valence-electron chi connectivity index (χ3n) is 2.33. The molecule has 1 N–H and O–H groups in total. The zero-order valence-corrected chi connectivity index (χ0v) is 10.5. The highest BCUT2D eigenvalue weighted by Gasteiger charge is 2.15. The van der Waals surface area contributed by atoms with E-state index in [1.165, 1.54) is 16.8 Å². The van der Waals surface area contributed by atoms with Gasteiger partial charge in [-0.25, -0.2) is 4.68 Å². The second-order valence-corrected chi connectivity index (χ2v) is 5.00. The van der Waals surface area contributed by atoms with Crippen molar-refractivity contribution < 1.29 is 8.42 Å². The second-order valence-electron chi connectivity index (χ2n) is 3.60. The van der Waals surface area contributed by atoms with Crippen LogP contribution >= 0.6 is 11.6 Å². The quantitative estimate of drug-likeness (QED) is 0.772. The number of aromatic amines is 1. The Morgan fingerprint density at radius 3 is 2.71 bits per heavy atom. The maximum absolute atomic E-state index is 11.6. The predicted molar refractivity (Wildman–Crippen MR) is 66.5 cm³/mol. The van der Waals surface area contributed by atoms with E-state index in [9.17, 15) is 13.2 Å². The molecule has 1 aromatic heterocycles. The van der Waals surface area contributed by atoms with Gasteiger partial charge in [0.15, 0.2) is 0 Å². The number of allylic oxidation sites excluding steroid dienone is 4. The molecule has 0 spiro atoms. The van der Waals surface area contributed by atoms with Crippen molar-refractivity contribution in [1.82, 2.24) is 9.78 Å². The van der Waals surface area contributed by atoms with Gasteiger partial charge in [0.1, 0.15) is 0 Å². The Labute approximate surface area is 104 Å². The maximum atomic E-state index is 11.6. The van der Waals surface area contributed by atoms with Gasteiger partial charge in [-0.3, -0.25) is 9.89 Å². The summed E-state index contributed by atoms with van der Waals surface area (Å²) in [5, 5.41) is 3.15. The highest BCUT2D eigenvalue weighted by atomic mass is 35.5. The number of H-pyrrole nitrogens is 1. The molecule has 1 heterocycles. The lowest BCUT2D eigenvalue weighted by Gasteiger charge is -2.11. The highest BCUT2D eigenvalue weighted by molar-refractivity contribution is 7.73. The van der Waals surface area contributed by atoms with Gasteiger partial charge in [0.2, 0.25) is 10.3 Å². The summed E-state index contributed by atoms with van der Waals surface area (Å²) in [5.74, 6) is 0. The summed E-state index contributed by atoms with van der Waals surface area (Å²) >= 11 is 5.97. The Balaban J connectivity index is 2.65. The van der Waals surface area contributed by atoms with E-state index >= 15 is 0 Å². The van der Waals surface area contributed by atoms with Crippen LogP contribution < -0.4 is 5.56 Å². The average molecular weight is 273 g/mol. The van der Waals surface area contributed by atoms with Gasteiger partial charge in [0.25, 0.3) is 5.56 Å². The summed E-state index contributed by atoms with van der Waals surface area (Å²) in [6.07, 6.45) is 3.19. The zero-order chi connectivity index (χ0) is 12.6. The smallest absolute Gasteiger partial charge is 0.271 e. The van der Waals surface area contributed by atoms with Crippen LogP contribution in [0.5, 0.6) is 0 Å². The minimum absolute atomic E-state index is 0.198. The Bertz CT molecular complexity index is 711. The van der Waals surface area contributed by atoms with E-state index in [0.29, 0.717) is 16.4 Å². The summed E-state index contributed by atoms with van der Waals surface area (Å²) < 4.78 is 23.0. The molecule has 5 nitrogen and oxygen atoms in total. The van der Waals surface area contributed by atoms with Crippen LogP contribution in [0.1, 0.15) is 12.1 Å². The summed E-state index contributed by atoms with van der Waals surface area (Å²) in [6, 6.07) is 1.41. The van der Waals surface area contributed by atoms with E-state index in [0.717, 1.165) is 0 Å². The molecular formula is C10H9ClN2O3S. The lowest BCUT2D eigenvalue weighted by Crippen LogP contribution is -2.18. The maximum Gasteiger partial charge on any atom is 0.271 e. The summed E-state index contributed by atoms with van der Waals surface area (Å²) in [7, 11) is -2.30. The van der Waals surface area contributed by atoms with Crippen molar-refractivity contribution in [3.05, 3.63) is 39.3 Å². The fourth-order valence-corrected chi connectivity index (χ4v) is 2.20. The van der Waals surface area contributed by atoms with Crippen molar-refractivity contribution in [2.75, 3.05) is 0 Å². The standard InChI is InChI=1S/C10H9ClN2O3S/c1-6-4-10(14)13(12-6)9-5-7(17(15)16)2-3-8(9)11/h3-5,12H,2H2,1H3. The molecule has 0 amide bonds. The third-order valence-corrected chi connectivity index (χ3v) is 3.39. The van der Waals surface area contributed by atoms with Gasteiger partial charge in [-0.1, -0.05) is 17.7 Å². The van der Waals surface area contributed by atoms with Gasteiger partial charge in [-0.2, -0.15) is 8.42 Å². The summed E-state index contributed by atoms with van der Waals surface area (Å²) in [4.78, 5) is 11.8. The Morgan fingerprint density at radius 1 is 1.47 bits per heavy atom. The molecular weight excluding hydrogens is 264 g/mol. The van der Waals surface area contributed by atoms with Crippen molar-refractivity contribution in [3.63, 3.8) is 0 Å². The Morgan fingerprint density at radius 2 is 2.18 bits per heavy atom. The Kier molecular flexibility index (Phi) is 3.08. The number of hydrogen-bond donors (Lipinski definition) is 1. The normalized spacial score (nSPS) is 15.5. The first kappa shape index (κ1) is 11.9.